The summed E-state index contributed by atoms with van der Waals surface area (Å²) < 4.78 is 10.7. The fraction of sp³-hybridized carbons (Fsp3) is 0.562. The molecule has 1 saturated heterocycles. The molecule has 0 radical (unpaired) electrons. The molecule has 0 spiro atoms. The molecule has 1 amide bonds. The summed E-state index contributed by atoms with van der Waals surface area (Å²) in [6.07, 6.45) is 1.94. The van der Waals surface area contributed by atoms with Gasteiger partial charge in [-0.05, 0) is 37.0 Å². The maximum absolute atomic E-state index is 11.8. The maximum Gasteiger partial charge on any atom is 0.258 e. The van der Waals surface area contributed by atoms with Crippen LogP contribution in [0.1, 0.15) is 37.9 Å². The van der Waals surface area contributed by atoms with Crippen molar-refractivity contribution in [3.8, 4) is 5.75 Å². The van der Waals surface area contributed by atoms with Crippen LogP contribution >= 0.6 is 0 Å². The van der Waals surface area contributed by atoms with Gasteiger partial charge in [-0.3, -0.25) is 4.79 Å². The summed E-state index contributed by atoms with van der Waals surface area (Å²) in [5.41, 5.74) is 0.858. The Morgan fingerprint density at radius 1 is 1.38 bits per heavy atom. The number of carbonyl (C=O) groups is 1. The quantitative estimate of drug-likeness (QED) is 0.839. The molecule has 1 aliphatic rings. The van der Waals surface area contributed by atoms with Gasteiger partial charge in [0.1, 0.15) is 5.75 Å². The normalized spacial score (nSPS) is 17.2. The summed E-state index contributed by atoms with van der Waals surface area (Å²) in [7, 11) is 0. The number of ether oxygens (including phenoxy) is 2. The van der Waals surface area contributed by atoms with Gasteiger partial charge in [0, 0.05) is 19.3 Å². The predicted octanol–water partition coefficient (Wildman–Crippen LogP) is 1.80. The molecule has 0 aromatic heterocycles. The van der Waals surface area contributed by atoms with Gasteiger partial charge >= 0.3 is 0 Å². The lowest BCUT2D eigenvalue weighted by molar-refractivity contribution is -0.124. The SMILES string of the molecule is CCC(O)c1ccc(OCC(=O)NC2CCOCC2)cc1. The Bertz CT molecular complexity index is 440. The van der Waals surface area contributed by atoms with Crippen LogP contribution in [0.3, 0.4) is 0 Å². The largest absolute Gasteiger partial charge is 0.484 e. The van der Waals surface area contributed by atoms with E-state index < -0.39 is 6.10 Å². The summed E-state index contributed by atoms with van der Waals surface area (Å²) in [4.78, 5) is 11.8. The highest BCUT2D eigenvalue weighted by Gasteiger charge is 2.16. The molecule has 1 aromatic carbocycles. The first-order valence-electron chi connectivity index (χ1n) is 7.47. The van der Waals surface area contributed by atoms with Gasteiger partial charge in [0.2, 0.25) is 0 Å². The van der Waals surface area contributed by atoms with Crippen LogP contribution in [0.4, 0.5) is 0 Å². The Labute approximate surface area is 125 Å². The molecule has 5 nitrogen and oxygen atoms in total. The van der Waals surface area contributed by atoms with Crippen molar-refractivity contribution >= 4 is 5.91 Å². The first kappa shape index (κ1) is 15.8. The van der Waals surface area contributed by atoms with Crippen LogP contribution in [-0.4, -0.2) is 36.9 Å². The third-order valence-corrected chi connectivity index (χ3v) is 3.61. The molecule has 0 aliphatic carbocycles. The highest BCUT2D eigenvalue weighted by molar-refractivity contribution is 5.77. The molecular weight excluding hydrogens is 270 g/mol. The minimum atomic E-state index is -0.448. The Kier molecular flexibility index (Phi) is 6.02. The molecule has 2 N–H and O–H groups in total. The zero-order chi connectivity index (χ0) is 15.1. The highest BCUT2D eigenvalue weighted by Crippen LogP contribution is 2.19. The van der Waals surface area contributed by atoms with E-state index in [9.17, 15) is 9.90 Å². The van der Waals surface area contributed by atoms with E-state index >= 15 is 0 Å². The third-order valence-electron chi connectivity index (χ3n) is 3.61. The number of rotatable bonds is 6. The van der Waals surface area contributed by atoms with Crippen molar-refractivity contribution in [3.05, 3.63) is 29.8 Å². The summed E-state index contributed by atoms with van der Waals surface area (Å²) in [6.45, 7) is 3.34. The van der Waals surface area contributed by atoms with Crippen molar-refractivity contribution < 1.29 is 19.4 Å². The zero-order valence-corrected chi connectivity index (χ0v) is 12.4. The van der Waals surface area contributed by atoms with Gasteiger partial charge in [-0.2, -0.15) is 0 Å². The van der Waals surface area contributed by atoms with Crippen LogP contribution < -0.4 is 10.1 Å². The van der Waals surface area contributed by atoms with Gasteiger partial charge in [0.05, 0.1) is 6.10 Å². The van der Waals surface area contributed by atoms with E-state index in [0.717, 1.165) is 18.4 Å². The molecule has 1 atom stereocenters. The second-order valence-corrected chi connectivity index (χ2v) is 5.24. The van der Waals surface area contributed by atoms with Crippen molar-refractivity contribution in [2.75, 3.05) is 19.8 Å². The fourth-order valence-corrected chi connectivity index (χ4v) is 2.28. The number of hydrogen-bond donors (Lipinski definition) is 2. The molecule has 5 heteroatoms. The van der Waals surface area contributed by atoms with Gasteiger partial charge in [-0.1, -0.05) is 19.1 Å². The van der Waals surface area contributed by atoms with Gasteiger partial charge in [0.15, 0.2) is 6.61 Å². The molecule has 2 rings (SSSR count). The second-order valence-electron chi connectivity index (χ2n) is 5.24. The van der Waals surface area contributed by atoms with Crippen LogP contribution in [0.25, 0.3) is 0 Å². The smallest absolute Gasteiger partial charge is 0.258 e. The van der Waals surface area contributed by atoms with Crippen LogP contribution in [0.2, 0.25) is 0 Å². The molecule has 116 valence electrons. The molecule has 1 aliphatic heterocycles. The molecule has 1 heterocycles. The van der Waals surface area contributed by atoms with Gasteiger partial charge in [-0.15, -0.1) is 0 Å². The number of hydrogen-bond acceptors (Lipinski definition) is 4. The van der Waals surface area contributed by atoms with Crippen molar-refractivity contribution in [2.45, 2.75) is 38.3 Å². The van der Waals surface area contributed by atoms with E-state index in [2.05, 4.69) is 5.32 Å². The number of amides is 1. The number of benzene rings is 1. The molecule has 1 aromatic rings. The summed E-state index contributed by atoms with van der Waals surface area (Å²) in [6, 6.07) is 7.38. The molecule has 1 unspecified atom stereocenters. The topological polar surface area (TPSA) is 67.8 Å². The fourth-order valence-electron chi connectivity index (χ4n) is 2.28. The van der Waals surface area contributed by atoms with E-state index in [-0.39, 0.29) is 18.6 Å². The molecule has 21 heavy (non-hydrogen) atoms. The van der Waals surface area contributed by atoms with Crippen molar-refractivity contribution in [1.82, 2.24) is 5.32 Å². The highest BCUT2D eigenvalue weighted by atomic mass is 16.5. The van der Waals surface area contributed by atoms with Gasteiger partial charge in [0.25, 0.3) is 5.91 Å². The molecular formula is C16H23NO4. The van der Waals surface area contributed by atoms with Gasteiger partial charge < -0.3 is 19.9 Å². The van der Waals surface area contributed by atoms with Crippen LogP contribution in [0.15, 0.2) is 24.3 Å². The van der Waals surface area contributed by atoms with Crippen molar-refractivity contribution in [2.24, 2.45) is 0 Å². The Balaban J connectivity index is 1.75. The predicted molar refractivity (Wildman–Crippen MR) is 79.2 cm³/mol. The van der Waals surface area contributed by atoms with E-state index in [4.69, 9.17) is 9.47 Å². The number of carbonyl (C=O) groups excluding carboxylic acids is 1. The van der Waals surface area contributed by atoms with E-state index in [1.165, 1.54) is 0 Å². The first-order valence-corrected chi connectivity index (χ1v) is 7.47. The lowest BCUT2D eigenvalue weighted by Gasteiger charge is -2.23. The van der Waals surface area contributed by atoms with Crippen molar-refractivity contribution in [3.63, 3.8) is 0 Å². The molecule has 1 fully saturated rings. The lowest BCUT2D eigenvalue weighted by atomic mass is 10.1. The Morgan fingerprint density at radius 3 is 2.67 bits per heavy atom. The van der Waals surface area contributed by atoms with Gasteiger partial charge in [-0.25, -0.2) is 0 Å². The van der Waals surface area contributed by atoms with E-state index in [1.54, 1.807) is 12.1 Å². The van der Waals surface area contributed by atoms with Crippen LogP contribution in [0, 0.1) is 0 Å². The summed E-state index contributed by atoms with van der Waals surface area (Å²) in [5.74, 6) is 0.517. The van der Waals surface area contributed by atoms with E-state index in [1.807, 2.05) is 19.1 Å². The summed E-state index contributed by atoms with van der Waals surface area (Å²) >= 11 is 0. The first-order chi connectivity index (χ1) is 10.2. The van der Waals surface area contributed by atoms with E-state index in [0.29, 0.717) is 25.4 Å². The number of aliphatic hydroxyl groups is 1. The zero-order valence-electron chi connectivity index (χ0n) is 12.4. The second kappa shape index (κ2) is 8.00. The van der Waals surface area contributed by atoms with Crippen LogP contribution in [0.5, 0.6) is 5.75 Å². The average Bonchev–Trinajstić information content (AvgIpc) is 2.53. The van der Waals surface area contributed by atoms with Crippen molar-refractivity contribution in [1.29, 1.82) is 0 Å². The lowest BCUT2D eigenvalue weighted by Crippen LogP contribution is -2.41. The third kappa shape index (κ3) is 5.02. The maximum atomic E-state index is 11.8. The minimum absolute atomic E-state index is 0.00698. The molecule has 0 bridgehead atoms. The standard InChI is InChI=1S/C16H23NO4/c1-2-15(18)12-3-5-14(6-4-12)21-11-16(19)17-13-7-9-20-10-8-13/h3-6,13,15,18H,2,7-11H2,1H3,(H,17,19). The Hall–Kier alpha value is -1.59. The number of aliphatic hydroxyl groups excluding tert-OH is 1. The minimum Gasteiger partial charge on any atom is -0.484 e. The van der Waals surface area contributed by atoms with Crippen LogP contribution in [-0.2, 0) is 9.53 Å². The Morgan fingerprint density at radius 2 is 2.05 bits per heavy atom. The average molecular weight is 293 g/mol. The monoisotopic (exact) mass is 293 g/mol. The summed E-state index contributed by atoms with van der Waals surface area (Å²) in [5, 5.41) is 12.6. The number of nitrogens with one attached hydrogen (secondary N) is 1. The molecule has 0 saturated carbocycles.